The topological polar surface area (TPSA) is 74.9 Å². The van der Waals surface area contributed by atoms with E-state index in [9.17, 15) is 9.50 Å². The van der Waals surface area contributed by atoms with Gasteiger partial charge in [-0.3, -0.25) is 4.90 Å². The molecule has 1 N–H and O–H groups in total. The number of rotatable bonds is 7. The molecule has 2 aromatic carbocycles. The smallest absolute Gasteiger partial charge is 0.247 e. The first-order valence-corrected chi connectivity index (χ1v) is 9.58. The molecule has 1 unspecified atom stereocenters. The maximum Gasteiger partial charge on any atom is 0.247 e. The molecule has 1 aliphatic rings. The number of piperazine rings is 1. The van der Waals surface area contributed by atoms with Gasteiger partial charge in [-0.1, -0.05) is 18.2 Å². The fourth-order valence-electron chi connectivity index (χ4n) is 3.44. The van der Waals surface area contributed by atoms with E-state index in [4.69, 9.17) is 9.15 Å². The fourth-order valence-corrected chi connectivity index (χ4v) is 3.44. The van der Waals surface area contributed by atoms with Crippen molar-refractivity contribution in [3.63, 3.8) is 0 Å². The number of anilines is 1. The van der Waals surface area contributed by atoms with Crippen molar-refractivity contribution in [3.05, 3.63) is 60.7 Å². The highest BCUT2D eigenvalue weighted by Crippen LogP contribution is 2.22. The molecule has 152 valence electrons. The van der Waals surface area contributed by atoms with Gasteiger partial charge in [-0.05, 0) is 30.3 Å². The molecule has 1 aromatic heterocycles. The molecule has 29 heavy (non-hydrogen) atoms. The monoisotopic (exact) mass is 398 g/mol. The third-order valence-electron chi connectivity index (χ3n) is 4.92. The highest BCUT2D eigenvalue weighted by Gasteiger charge is 2.21. The number of para-hydroxylation sites is 1. The summed E-state index contributed by atoms with van der Waals surface area (Å²) in [6, 6.07) is 14.1. The molecule has 1 atom stereocenters. The Labute approximate surface area is 168 Å². The molecule has 1 fully saturated rings. The molecule has 0 radical (unpaired) electrons. The van der Waals surface area contributed by atoms with Gasteiger partial charge >= 0.3 is 0 Å². The molecule has 2 heterocycles. The summed E-state index contributed by atoms with van der Waals surface area (Å²) in [6.45, 7) is 3.66. The Morgan fingerprint density at radius 1 is 1.10 bits per heavy atom. The number of hydrogen-bond acceptors (Lipinski definition) is 7. The van der Waals surface area contributed by atoms with E-state index in [0.717, 1.165) is 31.7 Å². The van der Waals surface area contributed by atoms with Crippen LogP contribution in [0.3, 0.4) is 0 Å². The van der Waals surface area contributed by atoms with Crippen molar-refractivity contribution < 1.29 is 18.7 Å². The molecule has 0 aliphatic carbocycles. The summed E-state index contributed by atoms with van der Waals surface area (Å²) in [5, 5.41) is 17.9. The summed E-state index contributed by atoms with van der Waals surface area (Å²) in [4.78, 5) is 4.21. The number of aliphatic hydroxyl groups is 1. The molecule has 7 nitrogen and oxygen atoms in total. The van der Waals surface area contributed by atoms with E-state index in [0.29, 0.717) is 23.9 Å². The number of hydrogen-bond donors (Lipinski definition) is 1. The van der Waals surface area contributed by atoms with Crippen LogP contribution in [0.2, 0.25) is 0 Å². The van der Waals surface area contributed by atoms with E-state index in [1.165, 1.54) is 12.5 Å². The van der Waals surface area contributed by atoms with Crippen molar-refractivity contribution in [2.75, 3.05) is 44.2 Å². The zero-order valence-electron chi connectivity index (χ0n) is 15.9. The molecule has 0 amide bonds. The Balaban J connectivity index is 1.24. The van der Waals surface area contributed by atoms with E-state index in [2.05, 4.69) is 15.1 Å². The Kier molecular flexibility index (Phi) is 6.02. The van der Waals surface area contributed by atoms with Crippen molar-refractivity contribution in [1.82, 2.24) is 15.1 Å². The van der Waals surface area contributed by atoms with Crippen molar-refractivity contribution in [3.8, 4) is 17.2 Å². The maximum absolute atomic E-state index is 13.9. The van der Waals surface area contributed by atoms with Crippen LogP contribution in [0.25, 0.3) is 11.5 Å². The van der Waals surface area contributed by atoms with Crippen LogP contribution in [0, 0.1) is 5.82 Å². The molecule has 8 heteroatoms. The van der Waals surface area contributed by atoms with E-state index in [1.807, 2.05) is 29.2 Å². The highest BCUT2D eigenvalue weighted by atomic mass is 19.1. The van der Waals surface area contributed by atoms with Crippen LogP contribution < -0.4 is 9.64 Å². The fraction of sp³-hybridized carbons (Fsp3) is 0.333. The molecule has 4 rings (SSSR count). The first-order valence-electron chi connectivity index (χ1n) is 9.58. The standard InChI is InChI=1S/C21H23FN4O3/c22-19-6-1-2-7-20(19)26-10-8-25(9-11-26)13-17(27)14-28-18-5-3-4-16(12-18)21-24-23-15-29-21/h1-7,12,15,17,27H,8-11,13-14H2. The van der Waals surface area contributed by atoms with Crippen molar-refractivity contribution in [1.29, 1.82) is 0 Å². The summed E-state index contributed by atoms with van der Waals surface area (Å²) in [5.41, 5.74) is 1.40. The minimum atomic E-state index is -0.623. The third kappa shape index (κ3) is 4.90. The summed E-state index contributed by atoms with van der Waals surface area (Å²) in [6.07, 6.45) is 0.653. The average Bonchev–Trinajstić information content (AvgIpc) is 3.29. The largest absolute Gasteiger partial charge is 0.491 e. The molecule has 1 aliphatic heterocycles. The second-order valence-electron chi connectivity index (χ2n) is 6.98. The molecule has 1 saturated heterocycles. The molecular formula is C21H23FN4O3. The number of aromatic nitrogens is 2. The average molecular weight is 398 g/mol. The summed E-state index contributed by atoms with van der Waals surface area (Å²) < 4.78 is 24.9. The van der Waals surface area contributed by atoms with E-state index >= 15 is 0 Å². The quantitative estimate of drug-likeness (QED) is 0.655. The van der Waals surface area contributed by atoms with Crippen molar-refractivity contribution in [2.24, 2.45) is 0 Å². The zero-order chi connectivity index (χ0) is 20.1. The van der Waals surface area contributed by atoms with Gasteiger partial charge in [0.05, 0.1) is 5.69 Å². The Bertz CT molecular complexity index is 914. The SMILES string of the molecule is OC(COc1cccc(-c2nnco2)c1)CN1CCN(c2ccccc2F)CC1. The van der Waals surface area contributed by atoms with Crippen LogP contribution in [0.1, 0.15) is 0 Å². The molecule has 3 aromatic rings. The van der Waals surface area contributed by atoms with Gasteiger partial charge in [0.1, 0.15) is 24.3 Å². The molecule has 0 saturated carbocycles. The Hall–Kier alpha value is -2.97. The van der Waals surface area contributed by atoms with E-state index in [-0.39, 0.29) is 12.4 Å². The minimum absolute atomic E-state index is 0.181. The Morgan fingerprint density at radius 2 is 1.93 bits per heavy atom. The van der Waals surface area contributed by atoms with Crippen molar-refractivity contribution in [2.45, 2.75) is 6.10 Å². The zero-order valence-corrected chi connectivity index (χ0v) is 15.9. The number of ether oxygens (including phenoxy) is 1. The van der Waals surface area contributed by atoms with Crippen LogP contribution >= 0.6 is 0 Å². The molecule has 0 spiro atoms. The summed E-state index contributed by atoms with van der Waals surface area (Å²) in [5.74, 6) is 0.852. The highest BCUT2D eigenvalue weighted by molar-refractivity contribution is 5.55. The van der Waals surface area contributed by atoms with Gasteiger partial charge in [0.15, 0.2) is 0 Å². The predicted molar refractivity (Wildman–Crippen MR) is 106 cm³/mol. The van der Waals surface area contributed by atoms with Gasteiger partial charge in [0.2, 0.25) is 12.3 Å². The van der Waals surface area contributed by atoms with Crippen molar-refractivity contribution >= 4 is 5.69 Å². The number of aliphatic hydroxyl groups excluding tert-OH is 1. The van der Waals surface area contributed by atoms with Crippen LogP contribution in [0.4, 0.5) is 10.1 Å². The molecular weight excluding hydrogens is 375 g/mol. The first-order chi connectivity index (χ1) is 14.2. The second-order valence-corrected chi connectivity index (χ2v) is 6.98. The number of nitrogens with zero attached hydrogens (tertiary/aromatic N) is 4. The minimum Gasteiger partial charge on any atom is -0.491 e. The lowest BCUT2D eigenvalue weighted by Gasteiger charge is -2.36. The number of benzene rings is 2. The van der Waals surface area contributed by atoms with E-state index in [1.54, 1.807) is 18.2 Å². The lowest BCUT2D eigenvalue weighted by molar-refractivity contribution is 0.0663. The predicted octanol–water partition coefficient (Wildman–Crippen LogP) is 2.44. The number of halogens is 1. The van der Waals surface area contributed by atoms with Gasteiger partial charge in [-0.15, -0.1) is 10.2 Å². The lowest BCUT2D eigenvalue weighted by Crippen LogP contribution is -2.49. The second kappa shape index (κ2) is 9.02. The summed E-state index contributed by atoms with van der Waals surface area (Å²) in [7, 11) is 0. The first kappa shape index (κ1) is 19.4. The summed E-state index contributed by atoms with van der Waals surface area (Å²) >= 11 is 0. The molecule has 0 bridgehead atoms. The van der Waals surface area contributed by atoms with Gasteiger partial charge in [0, 0.05) is 38.3 Å². The van der Waals surface area contributed by atoms with E-state index < -0.39 is 6.10 Å². The third-order valence-corrected chi connectivity index (χ3v) is 4.92. The lowest BCUT2D eigenvalue weighted by atomic mass is 10.2. The van der Waals surface area contributed by atoms with Gasteiger partial charge in [0.25, 0.3) is 0 Å². The van der Waals surface area contributed by atoms with Gasteiger partial charge in [-0.2, -0.15) is 0 Å². The number of β-amino-alcohol motifs (C(OH)–C–C–N with tert-alkyl or cyclic N) is 1. The van der Waals surface area contributed by atoms with Crippen LogP contribution in [-0.4, -0.2) is 65.6 Å². The van der Waals surface area contributed by atoms with Crippen LogP contribution in [0.15, 0.2) is 59.3 Å². The Morgan fingerprint density at radius 3 is 2.69 bits per heavy atom. The normalized spacial score (nSPS) is 16.0. The van der Waals surface area contributed by atoms with Crippen LogP contribution in [0.5, 0.6) is 5.75 Å². The maximum atomic E-state index is 13.9. The van der Waals surface area contributed by atoms with Gasteiger partial charge < -0.3 is 19.2 Å². The van der Waals surface area contributed by atoms with Gasteiger partial charge in [-0.25, -0.2) is 4.39 Å². The van der Waals surface area contributed by atoms with Crippen LogP contribution in [-0.2, 0) is 0 Å².